The lowest BCUT2D eigenvalue weighted by Gasteiger charge is -1.93. The summed E-state index contributed by atoms with van der Waals surface area (Å²) in [7, 11) is 1.79. The zero-order valence-corrected chi connectivity index (χ0v) is 7.93. The minimum absolute atomic E-state index is 0.212. The number of rotatable bonds is 2. The van der Waals surface area contributed by atoms with Crippen LogP contribution >= 0.6 is 0 Å². The number of H-pyrrole nitrogens is 2. The van der Waals surface area contributed by atoms with Crippen molar-refractivity contribution in [2.45, 2.75) is 6.92 Å². The molecule has 2 rings (SSSR count). The maximum absolute atomic E-state index is 10.7. The quantitative estimate of drug-likeness (QED) is 0.584. The van der Waals surface area contributed by atoms with Crippen LogP contribution in [0.1, 0.15) is 16.2 Å². The van der Waals surface area contributed by atoms with Crippen LogP contribution in [0.5, 0.6) is 0 Å². The second kappa shape index (κ2) is 2.80. The highest BCUT2D eigenvalue weighted by molar-refractivity contribution is 6.00. The summed E-state index contributed by atoms with van der Waals surface area (Å²) in [6.45, 7) is 1.89. The molecule has 0 aliphatic heterocycles. The van der Waals surface area contributed by atoms with Gasteiger partial charge in [-0.2, -0.15) is 0 Å². The van der Waals surface area contributed by atoms with Crippen molar-refractivity contribution in [2.75, 3.05) is 12.4 Å². The average molecular weight is 193 g/mol. The van der Waals surface area contributed by atoms with Crippen molar-refractivity contribution >= 4 is 22.7 Å². The average Bonchev–Trinajstić information content (AvgIpc) is 2.66. The number of aryl methyl sites for hydroxylation is 1. The van der Waals surface area contributed by atoms with Gasteiger partial charge >= 0.3 is 5.97 Å². The van der Waals surface area contributed by atoms with Crippen LogP contribution in [0, 0.1) is 6.92 Å². The second-order valence-corrected chi connectivity index (χ2v) is 3.15. The number of aromatic nitrogens is 2. The van der Waals surface area contributed by atoms with Gasteiger partial charge in [0.15, 0.2) is 0 Å². The predicted molar refractivity (Wildman–Crippen MR) is 53.9 cm³/mol. The predicted octanol–water partition coefficient (Wildman–Crippen LogP) is 1.54. The fourth-order valence-electron chi connectivity index (χ4n) is 1.58. The molecule has 0 aliphatic carbocycles. The molecule has 0 fully saturated rings. The van der Waals surface area contributed by atoms with E-state index in [4.69, 9.17) is 5.11 Å². The fraction of sp³-hybridized carbons (Fsp3) is 0.222. The van der Waals surface area contributed by atoms with Crippen LogP contribution in [0.25, 0.3) is 10.9 Å². The van der Waals surface area contributed by atoms with Crippen LogP contribution in [0.4, 0.5) is 5.82 Å². The molecule has 74 valence electrons. The molecule has 14 heavy (non-hydrogen) atoms. The van der Waals surface area contributed by atoms with Gasteiger partial charge in [-0.1, -0.05) is 0 Å². The van der Waals surface area contributed by atoms with Crippen LogP contribution in [0.15, 0.2) is 6.07 Å². The molecular weight excluding hydrogens is 182 g/mol. The summed E-state index contributed by atoms with van der Waals surface area (Å²) < 4.78 is 0. The molecular formula is C9H11N3O2. The van der Waals surface area contributed by atoms with E-state index in [1.165, 1.54) is 0 Å². The van der Waals surface area contributed by atoms with Gasteiger partial charge in [-0.05, 0) is 13.0 Å². The van der Waals surface area contributed by atoms with Crippen molar-refractivity contribution in [3.8, 4) is 0 Å². The van der Waals surface area contributed by atoms with Gasteiger partial charge in [0.1, 0.15) is 11.5 Å². The lowest BCUT2D eigenvalue weighted by Crippen LogP contribution is -1.95. The first-order chi connectivity index (χ1) is 6.63. The maximum atomic E-state index is 10.7. The van der Waals surface area contributed by atoms with E-state index in [0.29, 0.717) is 0 Å². The van der Waals surface area contributed by atoms with Crippen LogP contribution in [-0.2, 0) is 0 Å². The van der Waals surface area contributed by atoms with Crippen LogP contribution in [-0.4, -0.2) is 28.1 Å². The third-order valence-corrected chi connectivity index (χ3v) is 2.25. The SMILES string of the molecule is CNc1[nH]c(C)c2[nH]c(C(=O)O)cc12. The Labute approximate surface area is 80.1 Å². The lowest BCUT2D eigenvalue weighted by molar-refractivity contribution is 0.0691. The highest BCUT2D eigenvalue weighted by Gasteiger charge is 2.13. The Morgan fingerprint density at radius 2 is 2.21 bits per heavy atom. The number of fused-ring (bicyclic) bond motifs is 1. The van der Waals surface area contributed by atoms with Gasteiger partial charge < -0.3 is 20.4 Å². The van der Waals surface area contributed by atoms with Crippen molar-refractivity contribution in [1.82, 2.24) is 9.97 Å². The van der Waals surface area contributed by atoms with E-state index in [9.17, 15) is 4.79 Å². The van der Waals surface area contributed by atoms with Gasteiger partial charge in [-0.15, -0.1) is 0 Å². The summed E-state index contributed by atoms with van der Waals surface area (Å²) in [5.41, 5.74) is 1.98. The van der Waals surface area contributed by atoms with Gasteiger partial charge in [-0.3, -0.25) is 0 Å². The summed E-state index contributed by atoms with van der Waals surface area (Å²) in [6.07, 6.45) is 0. The normalized spacial score (nSPS) is 10.7. The van der Waals surface area contributed by atoms with E-state index in [1.807, 2.05) is 6.92 Å². The number of hydrogen-bond acceptors (Lipinski definition) is 2. The first-order valence-corrected chi connectivity index (χ1v) is 4.26. The third kappa shape index (κ3) is 1.06. The fourth-order valence-corrected chi connectivity index (χ4v) is 1.58. The number of nitrogens with one attached hydrogen (secondary N) is 3. The summed E-state index contributed by atoms with van der Waals surface area (Å²) >= 11 is 0. The van der Waals surface area contributed by atoms with Crippen molar-refractivity contribution in [3.05, 3.63) is 17.5 Å². The zero-order chi connectivity index (χ0) is 10.3. The van der Waals surface area contributed by atoms with Crippen molar-refractivity contribution in [1.29, 1.82) is 0 Å². The summed E-state index contributed by atoms with van der Waals surface area (Å²) in [4.78, 5) is 16.7. The molecule has 5 heteroatoms. The Morgan fingerprint density at radius 3 is 2.79 bits per heavy atom. The van der Waals surface area contributed by atoms with Crippen LogP contribution in [0.2, 0.25) is 0 Å². The molecule has 2 aromatic rings. The molecule has 4 N–H and O–H groups in total. The number of anilines is 1. The molecule has 0 atom stereocenters. The largest absolute Gasteiger partial charge is 0.477 e. The second-order valence-electron chi connectivity index (χ2n) is 3.15. The van der Waals surface area contributed by atoms with Gasteiger partial charge in [0.25, 0.3) is 0 Å². The van der Waals surface area contributed by atoms with Gasteiger partial charge in [-0.25, -0.2) is 4.79 Å². The maximum Gasteiger partial charge on any atom is 0.352 e. The smallest absolute Gasteiger partial charge is 0.352 e. The Morgan fingerprint density at radius 1 is 1.50 bits per heavy atom. The van der Waals surface area contributed by atoms with Crippen molar-refractivity contribution in [2.24, 2.45) is 0 Å². The van der Waals surface area contributed by atoms with Gasteiger partial charge in [0.2, 0.25) is 0 Å². The Kier molecular flexibility index (Phi) is 1.73. The lowest BCUT2D eigenvalue weighted by atomic mass is 10.3. The Hall–Kier alpha value is -1.91. The number of carbonyl (C=O) groups is 1. The van der Waals surface area contributed by atoms with Gasteiger partial charge in [0.05, 0.1) is 5.52 Å². The molecule has 0 aliphatic rings. The number of hydrogen-bond donors (Lipinski definition) is 4. The molecule has 0 spiro atoms. The molecule has 0 aromatic carbocycles. The number of aromatic amines is 2. The van der Waals surface area contributed by atoms with E-state index in [2.05, 4.69) is 15.3 Å². The molecule has 5 nitrogen and oxygen atoms in total. The zero-order valence-electron chi connectivity index (χ0n) is 7.93. The monoisotopic (exact) mass is 193 g/mol. The number of carboxylic acids is 1. The van der Waals surface area contributed by atoms with E-state index >= 15 is 0 Å². The molecule has 0 saturated carbocycles. The van der Waals surface area contributed by atoms with E-state index in [0.717, 1.165) is 22.4 Å². The molecule has 0 radical (unpaired) electrons. The van der Waals surface area contributed by atoms with Crippen molar-refractivity contribution < 1.29 is 9.90 Å². The minimum atomic E-state index is -0.942. The molecule has 0 amide bonds. The van der Waals surface area contributed by atoms with E-state index in [-0.39, 0.29) is 5.69 Å². The van der Waals surface area contributed by atoms with Crippen molar-refractivity contribution in [3.63, 3.8) is 0 Å². The molecule has 0 saturated heterocycles. The molecule has 0 unspecified atom stereocenters. The van der Waals surface area contributed by atoms with E-state index < -0.39 is 5.97 Å². The first kappa shape index (κ1) is 8.68. The topological polar surface area (TPSA) is 80.9 Å². The van der Waals surface area contributed by atoms with Gasteiger partial charge in [0, 0.05) is 18.1 Å². The van der Waals surface area contributed by atoms with E-state index in [1.54, 1.807) is 13.1 Å². The standard InChI is InChI=1S/C9H11N3O2/c1-4-7-5(8(10-2)11-4)3-6(12-7)9(13)14/h3,10-12H,1-2H3,(H,13,14). The first-order valence-electron chi connectivity index (χ1n) is 4.26. The molecule has 2 heterocycles. The summed E-state index contributed by atoms with van der Waals surface area (Å²) in [5, 5.41) is 12.6. The number of carboxylic acid groups (broad SMARTS) is 1. The Bertz CT molecular complexity index is 495. The summed E-state index contributed by atoms with van der Waals surface area (Å²) in [6, 6.07) is 1.62. The highest BCUT2D eigenvalue weighted by atomic mass is 16.4. The summed E-state index contributed by atoms with van der Waals surface area (Å²) in [5.74, 6) is -0.107. The third-order valence-electron chi connectivity index (χ3n) is 2.25. The van der Waals surface area contributed by atoms with Crippen LogP contribution in [0.3, 0.4) is 0 Å². The minimum Gasteiger partial charge on any atom is -0.477 e. The number of aromatic carboxylic acids is 1. The highest BCUT2D eigenvalue weighted by Crippen LogP contribution is 2.26. The molecule has 2 aromatic heterocycles. The van der Waals surface area contributed by atoms with Crippen LogP contribution < -0.4 is 5.32 Å². The Balaban J connectivity index is 2.70. The molecule has 0 bridgehead atoms.